The van der Waals surface area contributed by atoms with Crippen molar-refractivity contribution in [3.05, 3.63) is 169 Å². The summed E-state index contributed by atoms with van der Waals surface area (Å²) in [4.78, 5) is 2.43. The van der Waals surface area contributed by atoms with Gasteiger partial charge in [-0.2, -0.15) is 0 Å². The quantitative estimate of drug-likeness (QED) is 0.189. The third kappa shape index (κ3) is 4.14. The van der Waals surface area contributed by atoms with E-state index in [1.807, 2.05) is 18.2 Å². The summed E-state index contributed by atoms with van der Waals surface area (Å²) in [6.45, 7) is 2.32. The molecule has 4 nitrogen and oxygen atoms in total. The van der Waals surface area contributed by atoms with Crippen molar-refractivity contribution in [1.82, 2.24) is 4.57 Å². The van der Waals surface area contributed by atoms with Crippen LogP contribution in [-0.4, -0.2) is 4.57 Å². The average molecular weight is 657 g/mol. The highest BCUT2D eigenvalue weighted by molar-refractivity contribution is 6.23. The summed E-state index contributed by atoms with van der Waals surface area (Å²) in [5.74, 6) is 1.21. The van der Waals surface area contributed by atoms with Crippen LogP contribution in [0.2, 0.25) is 0 Å². The molecule has 11 rings (SSSR count). The van der Waals surface area contributed by atoms with E-state index in [0.717, 1.165) is 56.8 Å². The lowest BCUT2D eigenvalue weighted by molar-refractivity contribution is 0.581. The number of anilines is 2. The Bertz CT molecular complexity index is 3030. The number of rotatable bonds is 4. The Hall–Kier alpha value is -6.52. The smallest absolute Gasteiger partial charge is 0.137 e. The highest BCUT2D eigenvalue weighted by Gasteiger charge is 2.29. The number of allylic oxidation sites excluding steroid dienone is 1. The molecule has 1 aliphatic rings. The van der Waals surface area contributed by atoms with Crippen LogP contribution in [0.5, 0.6) is 0 Å². The van der Waals surface area contributed by atoms with Gasteiger partial charge in [0.15, 0.2) is 0 Å². The van der Waals surface area contributed by atoms with Crippen LogP contribution in [0.4, 0.5) is 11.4 Å². The molecule has 0 amide bonds. The van der Waals surface area contributed by atoms with Gasteiger partial charge in [0.25, 0.3) is 0 Å². The number of para-hydroxylation sites is 4. The summed E-state index contributed by atoms with van der Waals surface area (Å²) in [5, 5.41) is 8.36. The standard InChI is InChI=1S/C47H32N2O2/c1-29-26-32(28-45-46(29)38-16-7-10-21-43(38)51-45)48(31-22-23-35-34-14-6-9-20-42(34)50-44(35)27-31)39-19-11-17-36-33(39)24-25-41-47(36)37-15-5-8-18-40(37)49(41)30-12-3-2-4-13-30/h2-25,27-29H,26H2,1H3. The Morgan fingerprint density at radius 3 is 2.10 bits per heavy atom. The Morgan fingerprint density at radius 2 is 1.24 bits per heavy atom. The fourth-order valence-corrected chi connectivity index (χ4v) is 8.65. The normalized spacial score (nSPS) is 14.6. The molecule has 1 aliphatic carbocycles. The van der Waals surface area contributed by atoms with Crippen molar-refractivity contribution in [3.8, 4) is 5.69 Å². The molecule has 0 aliphatic heterocycles. The maximum Gasteiger partial charge on any atom is 0.137 e. The summed E-state index contributed by atoms with van der Waals surface area (Å²) < 4.78 is 15.4. The molecule has 10 aromatic rings. The first-order chi connectivity index (χ1) is 25.2. The second kappa shape index (κ2) is 10.7. The number of aromatic nitrogens is 1. The zero-order chi connectivity index (χ0) is 33.6. The van der Waals surface area contributed by atoms with Crippen LogP contribution in [-0.2, 0) is 0 Å². The van der Waals surface area contributed by atoms with Gasteiger partial charge in [0, 0.05) is 67.1 Å². The van der Waals surface area contributed by atoms with E-state index in [1.54, 1.807) is 0 Å². The maximum absolute atomic E-state index is 6.54. The van der Waals surface area contributed by atoms with Crippen LogP contribution in [0.15, 0.2) is 166 Å². The Morgan fingerprint density at radius 1 is 0.549 bits per heavy atom. The first-order valence-corrected chi connectivity index (χ1v) is 17.6. The monoisotopic (exact) mass is 656 g/mol. The van der Waals surface area contributed by atoms with Crippen molar-refractivity contribution in [1.29, 1.82) is 0 Å². The molecule has 0 saturated carbocycles. The minimum atomic E-state index is 0.270. The van der Waals surface area contributed by atoms with Crippen molar-refractivity contribution in [2.24, 2.45) is 0 Å². The van der Waals surface area contributed by atoms with Crippen molar-refractivity contribution in [3.63, 3.8) is 0 Å². The Labute approximate surface area is 294 Å². The predicted octanol–water partition coefficient (Wildman–Crippen LogP) is 13.3. The molecule has 51 heavy (non-hydrogen) atoms. The molecule has 0 saturated heterocycles. The van der Waals surface area contributed by atoms with Gasteiger partial charge in [-0.05, 0) is 72.3 Å². The molecule has 4 heteroatoms. The third-order valence-corrected chi connectivity index (χ3v) is 10.8. The maximum atomic E-state index is 6.54. The van der Waals surface area contributed by atoms with E-state index >= 15 is 0 Å². The molecule has 3 aromatic heterocycles. The fraction of sp³-hybridized carbons (Fsp3) is 0.0638. The topological polar surface area (TPSA) is 34.5 Å². The lowest BCUT2D eigenvalue weighted by Crippen LogP contribution is -2.20. The van der Waals surface area contributed by atoms with Crippen LogP contribution in [0.1, 0.15) is 30.6 Å². The number of benzene rings is 7. The highest BCUT2D eigenvalue weighted by Crippen LogP contribution is 2.47. The predicted molar refractivity (Wildman–Crippen MR) is 211 cm³/mol. The van der Waals surface area contributed by atoms with E-state index in [0.29, 0.717) is 0 Å². The number of nitrogens with zero attached hydrogens (tertiary/aromatic N) is 2. The zero-order valence-electron chi connectivity index (χ0n) is 28.0. The summed E-state index contributed by atoms with van der Waals surface area (Å²) in [6, 6.07) is 54.1. The van der Waals surface area contributed by atoms with E-state index in [9.17, 15) is 0 Å². The molecule has 3 heterocycles. The lowest BCUT2D eigenvalue weighted by Gasteiger charge is -2.32. The van der Waals surface area contributed by atoms with Gasteiger partial charge in [-0.25, -0.2) is 0 Å². The Kier molecular flexibility index (Phi) is 5.97. The van der Waals surface area contributed by atoms with E-state index in [-0.39, 0.29) is 5.92 Å². The number of furan rings is 2. The van der Waals surface area contributed by atoms with Crippen LogP contribution < -0.4 is 4.90 Å². The van der Waals surface area contributed by atoms with Crippen molar-refractivity contribution in [2.75, 3.05) is 4.90 Å². The van der Waals surface area contributed by atoms with Crippen molar-refractivity contribution in [2.45, 2.75) is 19.3 Å². The lowest BCUT2D eigenvalue weighted by atomic mass is 9.88. The Balaban J connectivity index is 1.19. The van der Waals surface area contributed by atoms with Gasteiger partial charge in [0.2, 0.25) is 0 Å². The SMILES string of the molecule is CC1CC(N(c2ccc3c(c2)oc2ccccc23)c2cccc3c2ccc2c3c3ccccc3n2-c2ccccc2)=Cc2oc3ccccc3c21. The zero-order valence-corrected chi connectivity index (χ0v) is 28.0. The van der Waals surface area contributed by atoms with Gasteiger partial charge in [-0.1, -0.05) is 97.9 Å². The first-order valence-electron chi connectivity index (χ1n) is 17.6. The van der Waals surface area contributed by atoms with Gasteiger partial charge in [-0.15, -0.1) is 0 Å². The van der Waals surface area contributed by atoms with Crippen molar-refractivity contribution < 1.29 is 8.83 Å². The third-order valence-electron chi connectivity index (χ3n) is 10.8. The number of fused-ring (bicyclic) bond motifs is 11. The van der Waals surface area contributed by atoms with Gasteiger partial charge >= 0.3 is 0 Å². The molecule has 1 atom stereocenters. The second-order valence-corrected chi connectivity index (χ2v) is 13.8. The molecule has 0 N–H and O–H groups in total. The largest absolute Gasteiger partial charge is 0.456 e. The van der Waals surface area contributed by atoms with E-state index in [4.69, 9.17) is 8.83 Å². The molecular weight excluding hydrogens is 625 g/mol. The highest BCUT2D eigenvalue weighted by atomic mass is 16.3. The minimum Gasteiger partial charge on any atom is -0.456 e. The second-order valence-electron chi connectivity index (χ2n) is 13.8. The number of hydrogen-bond donors (Lipinski definition) is 0. The average Bonchev–Trinajstić information content (AvgIpc) is 3.85. The molecule has 1 unspecified atom stereocenters. The van der Waals surface area contributed by atoms with E-state index in [2.05, 4.69) is 156 Å². The molecule has 242 valence electrons. The van der Waals surface area contributed by atoms with Crippen molar-refractivity contribution >= 4 is 82.9 Å². The number of hydrogen-bond acceptors (Lipinski definition) is 3. The molecule has 0 bridgehead atoms. The van der Waals surface area contributed by atoms with Gasteiger partial charge in [0.05, 0.1) is 16.7 Å². The molecule has 0 fully saturated rings. The van der Waals surface area contributed by atoms with Crippen LogP contribution in [0, 0.1) is 0 Å². The van der Waals surface area contributed by atoms with Gasteiger partial charge in [-0.3, -0.25) is 0 Å². The first kappa shape index (κ1) is 28.3. The fourth-order valence-electron chi connectivity index (χ4n) is 8.65. The molecule has 7 aromatic carbocycles. The summed E-state index contributed by atoms with van der Waals surface area (Å²) in [7, 11) is 0. The van der Waals surface area contributed by atoms with E-state index in [1.165, 1.54) is 49.2 Å². The molecule has 0 radical (unpaired) electrons. The minimum absolute atomic E-state index is 0.270. The van der Waals surface area contributed by atoms with Gasteiger partial charge < -0.3 is 18.3 Å². The van der Waals surface area contributed by atoms with Crippen LogP contribution in [0.25, 0.3) is 77.2 Å². The van der Waals surface area contributed by atoms with Gasteiger partial charge in [0.1, 0.15) is 22.5 Å². The summed E-state index contributed by atoms with van der Waals surface area (Å²) in [6.07, 6.45) is 3.12. The summed E-state index contributed by atoms with van der Waals surface area (Å²) in [5.41, 5.74) is 10.9. The summed E-state index contributed by atoms with van der Waals surface area (Å²) >= 11 is 0. The van der Waals surface area contributed by atoms with Crippen LogP contribution in [0.3, 0.4) is 0 Å². The molecular formula is C47H32N2O2. The van der Waals surface area contributed by atoms with E-state index < -0.39 is 0 Å². The molecule has 0 spiro atoms. The van der Waals surface area contributed by atoms with Crippen LogP contribution >= 0.6 is 0 Å².